The van der Waals surface area contributed by atoms with Crippen LogP contribution in [0, 0.1) is 0 Å². The maximum Gasteiger partial charge on any atom is 0.135 e. The van der Waals surface area contributed by atoms with Crippen LogP contribution in [-0.2, 0) is 0 Å². The zero-order valence-corrected chi connectivity index (χ0v) is 33.2. The molecule has 0 unspecified atom stereocenters. The van der Waals surface area contributed by atoms with E-state index in [0.29, 0.717) is 0 Å². The van der Waals surface area contributed by atoms with E-state index in [0.717, 1.165) is 61.4 Å². The molecule has 12 rings (SSSR count). The minimum Gasteiger partial charge on any atom is -0.456 e. The summed E-state index contributed by atoms with van der Waals surface area (Å²) in [5.41, 5.74) is 15.5. The summed E-state index contributed by atoms with van der Waals surface area (Å²) >= 11 is 0. The first-order valence-electron chi connectivity index (χ1n) is 20.8. The predicted molar refractivity (Wildman–Crippen MR) is 257 cm³/mol. The van der Waals surface area contributed by atoms with Crippen LogP contribution in [0.1, 0.15) is 0 Å². The second-order valence-corrected chi connectivity index (χ2v) is 15.7. The lowest BCUT2D eigenvalue weighted by atomic mass is 9.96. The molecule has 0 bridgehead atoms. The van der Waals surface area contributed by atoms with Crippen LogP contribution in [0.4, 0.5) is 17.1 Å². The van der Waals surface area contributed by atoms with Crippen molar-refractivity contribution in [2.75, 3.05) is 4.90 Å². The summed E-state index contributed by atoms with van der Waals surface area (Å²) in [6.45, 7) is 0. The van der Waals surface area contributed by atoms with E-state index in [1.807, 2.05) is 12.1 Å². The fourth-order valence-electron chi connectivity index (χ4n) is 9.36. The third-order valence-corrected chi connectivity index (χ3v) is 12.2. The van der Waals surface area contributed by atoms with Gasteiger partial charge in [0.1, 0.15) is 11.2 Å². The molecule has 0 amide bonds. The van der Waals surface area contributed by atoms with Crippen molar-refractivity contribution in [3.63, 3.8) is 0 Å². The Labute approximate surface area is 353 Å². The van der Waals surface area contributed by atoms with Crippen molar-refractivity contribution < 1.29 is 4.42 Å². The number of rotatable bonds is 7. The van der Waals surface area contributed by atoms with Crippen LogP contribution in [0.2, 0.25) is 0 Å². The van der Waals surface area contributed by atoms with E-state index >= 15 is 0 Å². The average Bonchev–Trinajstić information content (AvgIpc) is 3.88. The highest BCUT2D eigenvalue weighted by Crippen LogP contribution is 2.46. The number of anilines is 3. The number of aromatic nitrogens is 1. The molecular weight excluding hydrogens is 741 g/mol. The van der Waals surface area contributed by atoms with E-state index in [1.165, 1.54) is 49.3 Å². The molecule has 0 atom stereocenters. The molecule has 0 N–H and O–H groups in total. The Bertz CT molecular complexity index is 3530. The summed E-state index contributed by atoms with van der Waals surface area (Å²) in [6.07, 6.45) is 0. The molecule has 12 aromatic rings. The number of fused-ring (bicyclic) bond motifs is 7. The lowest BCUT2D eigenvalue weighted by Gasteiger charge is -2.30. The van der Waals surface area contributed by atoms with Crippen LogP contribution >= 0.6 is 0 Å². The van der Waals surface area contributed by atoms with Gasteiger partial charge in [-0.15, -0.1) is 0 Å². The van der Waals surface area contributed by atoms with E-state index in [4.69, 9.17) is 4.42 Å². The number of para-hydroxylation sites is 6. The van der Waals surface area contributed by atoms with Crippen molar-refractivity contribution >= 4 is 71.6 Å². The third-order valence-electron chi connectivity index (χ3n) is 12.2. The molecule has 0 aliphatic heterocycles. The first kappa shape index (κ1) is 34.9. The number of hydrogen-bond acceptors (Lipinski definition) is 2. The van der Waals surface area contributed by atoms with Gasteiger partial charge in [0.15, 0.2) is 0 Å². The zero-order chi connectivity index (χ0) is 40.3. The van der Waals surface area contributed by atoms with E-state index < -0.39 is 0 Å². The molecule has 0 radical (unpaired) electrons. The van der Waals surface area contributed by atoms with Crippen LogP contribution in [0.5, 0.6) is 0 Å². The van der Waals surface area contributed by atoms with Gasteiger partial charge in [-0.3, -0.25) is 0 Å². The van der Waals surface area contributed by atoms with Crippen molar-refractivity contribution in [2.24, 2.45) is 0 Å². The Morgan fingerprint density at radius 2 is 0.852 bits per heavy atom. The lowest BCUT2D eigenvalue weighted by Crippen LogP contribution is -2.14. The summed E-state index contributed by atoms with van der Waals surface area (Å²) in [4.78, 5) is 2.43. The van der Waals surface area contributed by atoms with Crippen molar-refractivity contribution in [3.05, 3.63) is 231 Å². The van der Waals surface area contributed by atoms with Crippen molar-refractivity contribution in [1.29, 1.82) is 0 Å². The summed E-state index contributed by atoms with van der Waals surface area (Å²) in [5, 5.41) is 7.21. The summed E-state index contributed by atoms with van der Waals surface area (Å²) < 4.78 is 8.69. The molecule has 286 valence electrons. The van der Waals surface area contributed by atoms with Crippen molar-refractivity contribution in [3.8, 4) is 39.1 Å². The predicted octanol–water partition coefficient (Wildman–Crippen LogP) is 16.3. The van der Waals surface area contributed by atoms with Crippen LogP contribution in [0.25, 0.3) is 93.6 Å². The topological polar surface area (TPSA) is 21.3 Å². The molecule has 3 nitrogen and oxygen atoms in total. The molecule has 2 aromatic heterocycles. The molecule has 3 heteroatoms. The van der Waals surface area contributed by atoms with E-state index in [-0.39, 0.29) is 0 Å². The Morgan fingerprint density at radius 1 is 0.328 bits per heavy atom. The van der Waals surface area contributed by atoms with Gasteiger partial charge in [-0.25, -0.2) is 0 Å². The number of nitrogens with zero attached hydrogens (tertiary/aromatic N) is 2. The first-order chi connectivity index (χ1) is 30.3. The monoisotopic (exact) mass is 778 g/mol. The molecule has 0 fully saturated rings. The van der Waals surface area contributed by atoms with Crippen LogP contribution < -0.4 is 4.90 Å². The zero-order valence-electron chi connectivity index (χ0n) is 33.2. The molecule has 0 aliphatic carbocycles. The summed E-state index contributed by atoms with van der Waals surface area (Å²) in [7, 11) is 0. The summed E-state index contributed by atoms with van der Waals surface area (Å²) in [6, 6.07) is 83.0. The highest BCUT2D eigenvalue weighted by molar-refractivity contribution is 6.10. The first-order valence-corrected chi connectivity index (χ1v) is 20.8. The van der Waals surface area contributed by atoms with Crippen LogP contribution in [-0.4, -0.2) is 4.57 Å². The average molecular weight is 779 g/mol. The molecule has 0 aliphatic rings. The molecular formula is C58H38N2O. The SMILES string of the molecule is c1ccc(N(c2ccc(-c3ccc(-c4cccc5ccccc45)cc3)cc2)c2ccccc2-n2c3ccccc3c3ccccc32)c(-c2ccc3oc4ccccc4c3c2)c1. The maximum atomic E-state index is 6.27. The van der Waals surface area contributed by atoms with Gasteiger partial charge in [-0.2, -0.15) is 0 Å². The minimum atomic E-state index is 0.886. The molecule has 0 saturated carbocycles. The summed E-state index contributed by atoms with van der Waals surface area (Å²) in [5.74, 6) is 0. The second-order valence-electron chi connectivity index (χ2n) is 15.7. The minimum absolute atomic E-state index is 0.886. The van der Waals surface area contributed by atoms with Gasteiger partial charge in [0.05, 0.1) is 28.1 Å². The van der Waals surface area contributed by atoms with E-state index in [2.05, 4.69) is 228 Å². The molecule has 0 saturated heterocycles. The fraction of sp³-hybridized carbons (Fsp3) is 0. The standard InChI is InChI=1S/C58H38N2O/c1-2-16-45-41(14-1)15-13-21-46(45)42-30-28-39(29-31-42)40-32-35-44(36-33-40)59(52-22-7-3-17-47(52)43-34-37-58-51(38-43)50-20-6-12-27-57(50)61-58)55-25-10-11-26-56(55)60-53-23-8-4-18-48(53)49-19-5-9-24-54(49)60/h1-38H. The third kappa shape index (κ3) is 5.82. The molecule has 61 heavy (non-hydrogen) atoms. The second kappa shape index (κ2) is 14.3. The number of furan rings is 1. The maximum absolute atomic E-state index is 6.27. The van der Waals surface area contributed by atoms with Gasteiger partial charge in [0.2, 0.25) is 0 Å². The molecule has 0 spiro atoms. The van der Waals surface area contributed by atoms with Crippen LogP contribution in [0.15, 0.2) is 235 Å². The Balaban J connectivity index is 1.02. The normalized spacial score (nSPS) is 11.6. The lowest BCUT2D eigenvalue weighted by molar-refractivity contribution is 0.669. The van der Waals surface area contributed by atoms with Crippen molar-refractivity contribution in [1.82, 2.24) is 4.57 Å². The molecule has 2 heterocycles. The van der Waals surface area contributed by atoms with E-state index in [1.54, 1.807) is 0 Å². The van der Waals surface area contributed by atoms with Crippen molar-refractivity contribution in [2.45, 2.75) is 0 Å². The van der Waals surface area contributed by atoms with Gasteiger partial charge >= 0.3 is 0 Å². The quantitative estimate of drug-likeness (QED) is 0.161. The highest BCUT2D eigenvalue weighted by atomic mass is 16.3. The molecule has 10 aromatic carbocycles. The number of benzene rings is 10. The van der Waals surface area contributed by atoms with E-state index in [9.17, 15) is 0 Å². The Kier molecular flexibility index (Phi) is 8.17. The number of hydrogen-bond donors (Lipinski definition) is 0. The van der Waals surface area contributed by atoms with Gasteiger partial charge < -0.3 is 13.9 Å². The largest absolute Gasteiger partial charge is 0.456 e. The smallest absolute Gasteiger partial charge is 0.135 e. The van der Waals surface area contributed by atoms with Gasteiger partial charge in [-0.05, 0) is 99.3 Å². The van der Waals surface area contributed by atoms with Gasteiger partial charge in [0, 0.05) is 32.8 Å². The van der Waals surface area contributed by atoms with Gasteiger partial charge in [0.25, 0.3) is 0 Å². The highest BCUT2D eigenvalue weighted by Gasteiger charge is 2.23. The Morgan fingerprint density at radius 3 is 1.62 bits per heavy atom. The van der Waals surface area contributed by atoms with Crippen LogP contribution in [0.3, 0.4) is 0 Å². The fourth-order valence-corrected chi connectivity index (χ4v) is 9.36. The van der Waals surface area contributed by atoms with Gasteiger partial charge in [-0.1, -0.05) is 170 Å². The Hall–Kier alpha value is -8.14.